The van der Waals surface area contributed by atoms with Gasteiger partial charge in [0.2, 0.25) is 5.91 Å². The highest BCUT2D eigenvalue weighted by atomic mass is 16.2. The number of amides is 1. The molecule has 1 aromatic heterocycles. The van der Waals surface area contributed by atoms with Gasteiger partial charge in [0.25, 0.3) is 0 Å². The molecule has 1 aliphatic rings. The average molecular weight is 256 g/mol. The Labute approximate surface area is 113 Å². The molecule has 1 aromatic carbocycles. The molecule has 0 radical (unpaired) electrons. The van der Waals surface area contributed by atoms with Gasteiger partial charge in [0.05, 0.1) is 0 Å². The average Bonchev–Trinajstić information content (AvgIpc) is 3.08. The second kappa shape index (κ2) is 5.08. The van der Waals surface area contributed by atoms with Crippen LogP contribution in [0, 0.1) is 5.92 Å². The summed E-state index contributed by atoms with van der Waals surface area (Å²) in [5.74, 6) is 0.568. The van der Waals surface area contributed by atoms with E-state index in [9.17, 15) is 4.79 Å². The Morgan fingerprint density at radius 2 is 2.05 bits per heavy atom. The molecule has 3 rings (SSSR count). The molecule has 1 fully saturated rings. The number of rotatable bonds is 3. The number of H-pyrrole nitrogens is 1. The minimum absolute atomic E-state index is 0.259. The normalized spacial score (nSPS) is 16.1. The maximum atomic E-state index is 12.3. The molecule has 0 unspecified atom stereocenters. The molecule has 3 heteroatoms. The Morgan fingerprint density at radius 3 is 2.84 bits per heavy atom. The van der Waals surface area contributed by atoms with E-state index in [0.29, 0.717) is 12.5 Å². The standard InChI is InChI=1S/C16H20N2O/c1-18(16(19)12-6-2-3-7-12)11-13-10-17-15-9-5-4-8-14(13)15/h4-5,8-10,12,17H,2-3,6-7,11H2,1H3. The van der Waals surface area contributed by atoms with E-state index in [2.05, 4.69) is 17.1 Å². The quantitative estimate of drug-likeness (QED) is 0.898. The number of para-hydroxylation sites is 1. The van der Waals surface area contributed by atoms with Gasteiger partial charge < -0.3 is 9.88 Å². The number of hydrogen-bond acceptors (Lipinski definition) is 1. The number of nitrogens with one attached hydrogen (secondary N) is 1. The van der Waals surface area contributed by atoms with Crippen LogP contribution in [0.25, 0.3) is 10.9 Å². The number of carbonyl (C=O) groups is 1. The van der Waals surface area contributed by atoms with Crippen LogP contribution in [0.4, 0.5) is 0 Å². The second-order valence-corrected chi connectivity index (χ2v) is 5.54. The molecular formula is C16H20N2O. The lowest BCUT2D eigenvalue weighted by Crippen LogP contribution is -2.31. The lowest BCUT2D eigenvalue weighted by Gasteiger charge is -2.20. The number of benzene rings is 1. The highest BCUT2D eigenvalue weighted by molar-refractivity contribution is 5.84. The zero-order valence-electron chi connectivity index (χ0n) is 11.4. The fraction of sp³-hybridized carbons (Fsp3) is 0.438. The van der Waals surface area contributed by atoms with Crippen LogP contribution in [-0.4, -0.2) is 22.8 Å². The lowest BCUT2D eigenvalue weighted by atomic mass is 10.1. The third-order valence-electron chi connectivity index (χ3n) is 4.16. The maximum absolute atomic E-state index is 12.3. The molecule has 1 heterocycles. The fourth-order valence-electron chi connectivity index (χ4n) is 3.08. The molecular weight excluding hydrogens is 236 g/mol. The van der Waals surface area contributed by atoms with Crippen LogP contribution >= 0.6 is 0 Å². The van der Waals surface area contributed by atoms with Crippen LogP contribution in [0.5, 0.6) is 0 Å². The van der Waals surface area contributed by atoms with E-state index in [4.69, 9.17) is 0 Å². The summed E-state index contributed by atoms with van der Waals surface area (Å²) in [5.41, 5.74) is 2.34. The molecule has 0 bridgehead atoms. The van der Waals surface area contributed by atoms with Gasteiger partial charge in [-0.1, -0.05) is 31.0 Å². The van der Waals surface area contributed by atoms with Gasteiger partial charge in [0, 0.05) is 36.6 Å². The van der Waals surface area contributed by atoms with Gasteiger partial charge in [-0.2, -0.15) is 0 Å². The Bertz CT molecular complexity index is 581. The van der Waals surface area contributed by atoms with Crippen molar-refractivity contribution in [3.05, 3.63) is 36.0 Å². The van der Waals surface area contributed by atoms with Crippen LogP contribution in [0.2, 0.25) is 0 Å². The summed E-state index contributed by atoms with van der Waals surface area (Å²) in [6.07, 6.45) is 6.56. The maximum Gasteiger partial charge on any atom is 0.225 e. The van der Waals surface area contributed by atoms with Crippen molar-refractivity contribution in [2.45, 2.75) is 32.2 Å². The van der Waals surface area contributed by atoms with Crippen LogP contribution in [0.1, 0.15) is 31.2 Å². The highest BCUT2D eigenvalue weighted by Crippen LogP contribution is 2.27. The largest absolute Gasteiger partial charge is 0.361 e. The Kier molecular flexibility index (Phi) is 3.28. The van der Waals surface area contributed by atoms with E-state index in [1.165, 1.54) is 23.8 Å². The zero-order chi connectivity index (χ0) is 13.2. The Morgan fingerprint density at radius 1 is 1.32 bits per heavy atom. The topological polar surface area (TPSA) is 36.1 Å². The van der Waals surface area contributed by atoms with Crippen molar-refractivity contribution in [2.24, 2.45) is 5.92 Å². The van der Waals surface area contributed by atoms with Crippen molar-refractivity contribution in [1.29, 1.82) is 0 Å². The molecule has 1 saturated carbocycles. The first-order valence-corrected chi connectivity index (χ1v) is 7.05. The first-order chi connectivity index (χ1) is 9.25. The van der Waals surface area contributed by atoms with Crippen LogP contribution in [0.15, 0.2) is 30.5 Å². The summed E-state index contributed by atoms with van der Waals surface area (Å²) >= 11 is 0. The van der Waals surface area contributed by atoms with Crippen molar-refractivity contribution < 1.29 is 4.79 Å². The van der Waals surface area contributed by atoms with Gasteiger partial charge >= 0.3 is 0 Å². The van der Waals surface area contributed by atoms with E-state index in [1.807, 2.05) is 30.3 Å². The van der Waals surface area contributed by atoms with Crippen molar-refractivity contribution in [3.63, 3.8) is 0 Å². The Balaban J connectivity index is 1.75. The number of hydrogen-bond donors (Lipinski definition) is 1. The predicted octanol–water partition coefficient (Wildman–Crippen LogP) is 3.32. The molecule has 3 nitrogen and oxygen atoms in total. The second-order valence-electron chi connectivity index (χ2n) is 5.54. The lowest BCUT2D eigenvalue weighted by molar-refractivity contribution is -0.134. The van der Waals surface area contributed by atoms with Gasteiger partial charge in [-0.05, 0) is 24.5 Å². The first-order valence-electron chi connectivity index (χ1n) is 7.05. The fourth-order valence-corrected chi connectivity index (χ4v) is 3.08. The molecule has 1 aliphatic carbocycles. The van der Waals surface area contributed by atoms with Gasteiger partial charge in [-0.25, -0.2) is 0 Å². The number of carbonyl (C=O) groups excluding carboxylic acids is 1. The summed E-state index contributed by atoms with van der Waals surface area (Å²) in [7, 11) is 1.92. The monoisotopic (exact) mass is 256 g/mol. The smallest absolute Gasteiger partial charge is 0.225 e. The third-order valence-corrected chi connectivity index (χ3v) is 4.16. The summed E-state index contributed by atoms with van der Waals surface area (Å²) in [4.78, 5) is 17.5. The van der Waals surface area contributed by atoms with E-state index in [-0.39, 0.29) is 5.92 Å². The van der Waals surface area contributed by atoms with Gasteiger partial charge in [-0.3, -0.25) is 4.79 Å². The third kappa shape index (κ3) is 2.37. The zero-order valence-corrected chi connectivity index (χ0v) is 11.4. The van der Waals surface area contributed by atoms with Crippen LogP contribution in [-0.2, 0) is 11.3 Å². The van der Waals surface area contributed by atoms with E-state index in [0.717, 1.165) is 18.4 Å². The van der Waals surface area contributed by atoms with Crippen molar-refractivity contribution in [2.75, 3.05) is 7.05 Å². The van der Waals surface area contributed by atoms with Crippen molar-refractivity contribution in [1.82, 2.24) is 9.88 Å². The number of fused-ring (bicyclic) bond motifs is 1. The summed E-state index contributed by atoms with van der Waals surface area (Å²) in [6.45, 7) is 0.694. The molecule has 0 aliphatic heterocycles. The first kappa shape index (κ1) is 12.3. The van der Waals surface area contributed by atoms with E-state index < -0.39 is 0 Å². The molecule has 0 atom stereocenters. The number of aromatic amines is 1. The molecule has 100 valence electrons. The van der Waals surface area contributed by atoms with Crippen LogP contribution < -0.4 is 0 Å². The van der Waals surface area contributed by atoms with Gasteiger partial charge in [0.1, 0.15) is 0 Å². The minimum atomic E-state index is 0.259. The van der Waals surface area contributed by atoms with Crippen molar-refractivity contribution in [3.8, 4) is 0 Å². The molecule has 1 amide bonds. The van der Waals surface area contributed by atoms with Gasteiger partial charge in [-0.15, -0.1) is 0 Å². The molecule has 0 saturated heterocycles. The molecule has 0 spiro atoms. The van der Waals surface area contributed by atoms with Gasteiger partial charge in [0.15, 0.2) is 0 Å². The van der Waals surface area contributed by atoms with E-state index in [1.54, 1.807) is 0 Å². The molecule has 2 aromatic rings. The highest BCUT2D eigenvalue weighted by Gasteiger charge is 2.25. The minimum Gasteiger partial charge on any atom is -0.361 e. The van der Waals surface area contributed by atoms with Crippen LogP contribution in [0.3, 0.4) is 0 Å². The molecule has 19 heavy (non-hydrogen) atoms. The van der Waals surface area contributed by atoms with E-state index >= 15 is 0 Å². The van der Waals surface area contributed by atoms with Crippen molar-refractivity contribution >= 4 is 16.8 Å². The summed E-state index contributed by atoms with van der Waals surface area (Å²) in [5, 5.41) is 1.22. The SMILES string of the molecule is CN(Cc1c[nH]c2ccccc12)C(=O)C1CCCC1. The Hall–Kier alpha value is -1.77. The number of nitrogens with zero attached hydrogens (tertiary/aromatic N) is 1. The predicted molar refractivity (Wildman–Crippen MR) is 76.7 cm³/mol. The molecule has 1 N–H and O–H groups in total. The number of aromatic nitrogens is 1. The summed E-state index contributed by atoms with van der Waals surface area (Å²) < 4.78 is 0. The summed E-state index contributed by atoms with van der Waals surface area (Å²) in [6, 6.07) is 8.24.